The van der Waals surface area contributed by atoms with E-state index in [2.05, 4.69) is 15.9 Å². The molecule has 0 aliphatic rings. The van der Waals surface area contributed by atoms with Crippen LogP contribution in [0.5, 0.6) is 5.75 Å². The quantitative estimate of drug-likeness (QED) is 0.663. The van der Waals surface area contributed by atoms with E-state index in [-0.39, 0.29) is 5.38 Å². The van der Waals surface area contributed by atoms with Gasteiger partial charge in [-0.25, -0.2) is 0 Å². The second kappa shape index (κ2) is 5.61. The number of halogens is 3. The SMILES string of the molecule is COc1ccc(C(Cl)c2csc(Br)c2)cc1Cl. The zero-order valence-electron chi connectivity index (χ0n) is 8.91. The van der Waals surface area contributed by atoms with Crippen LogP contribution < -0.4 is 4.74 Å². The van der Waals surface area contributed by atoms with Gasteiger partial charge in [-0.05, 0) is 50.6 Å². The van der Waals surface area contributed by atoms with E-state index in [1.807, 2.05) is 29.6 Å². The highest BCUT2D eigenvalue weighted by molar-refractivity contribution is 9.11. The van der Waals surface area contributed by atoms with Crippen molar-refractivity contribution >= 4 is 50.5 Å². The summed E-state index contributed by atoms with van der Waals surface area (Å²) < 4.78 is 6.18. The van der Waals surface area contributed by atoms with Crippen LogP contribution in [0.15, 0.2) is 33.4 Å². The lowest BCUT2D eigenvalue weighted by Gasteiger charge is -2.10. The van der Waals surface area contributed by atoms with Gasteiger partial charge in [-0.2, -0.15) is 0 Å². The number of rotatable bonds is 3. The smallest absolute Gasteiger partial charge is 0.137 e. The van der Waals surface area contributed by atoms with Gasteiger partial charge in [-0.3, -0.25) is 0 Å². The van der Waals surface area contributed by atoms with Crippen molar-refractivity contribution in [3.05, 3.63) is 49.6 Å². The molecule has 0 spiro atoms. The monoisotopic (exact) mass is 350 g/mol. The first-order valence-electron chi connectivity index (χ1n) is 4.83. The van der Waals surface area contributed by atoms with E-state index in [0.29, 0.717) is 10.8 Å². The number of alkyl halides is 1. The molecule has 0 saturated heterocycles. The lowest BCUT2D eigenvalue weighted by Crippen LogP contribution is -1.92. The van der Waals surface area contributed by atoms with Crippen molar-refractivity contribution < 1.29 is 4.74 Å². The Morgan fingerprint density at radius 2 is 2.06 bits per heavy atom. The van der Waals surface area contributed by atoms with E-state index >= 15 is 0 Å². The third kappa shape index (κ3) is 2.97. The largest absolute Gasteiger partial charge is 0.495 e. The Balaban J connectivity index is 2.31. The number of benzene rings is 1. The molecule has 1 atom stereocenters. The van der Waals surface area contributed by atoms with Crippen LogP contribution in [0, 0.1) is 0 Å². The topological polar surface area (TPSA) is 9.23 Å². The minimum Gasteiger partial charge on any atom is -0.495 e. The van der Waals surface area contributed by atoms with Gasteiger partial charge in [0, 0.05) is 0 Å². The normalized spacial score (nSPS) is 12.5. The van der Waals surface area contributed by atoms with Crippen molar-refractivity contribution in [1.29, 1.82) is 0 Å². The highest BCUT2D eigenvalue weighted by atomic mass is 79.9. The second-order valence-electron chi connectivity index (χ2n) is 3.44. The van der Waals surface area contributed by atoms with E-state index in [1.54, 1.807) is 18.4 Å². The molecule has 0 bridgehead atoms. The molecule has 5 heteroatoms. The van der Waals surface area contributed by atoms with Crippen LogP contribution in [-0.4, -0.2) is 7.11 Å². The molecule has 0 amide bonds. The third-order valence-electron chi connectivity index (χ3n) is 2.35. The van der Waals surface area contributed by atoms with E-state index in [9.17, 15) is 0 Å². The predicted molar refractivity (Wildman–Crippen MR) is 77.7 cm³/mol. The predicted octanol–water partition coefficient (Wildman–Crippen LogP) is 5.50. The van der Waals surface area contributed by atoms with Crippen LogP contribution in [0.25, 0.3) is 0 Å². The van der Waals surface area contributed by atoms with Gasteiger partial charge < -0.3 is 4.74 Å². The van der Waals surface area contributed by atoms with Gasteiger partial charge in [-0.1, -0.05) is 17.7 Å². The molecule has 0 fully saturated rings. The van der Waals surface area contributed by atoms with Crippen LogP contribution in [0.1, 0.15) is 16.5 Å². The Labute approximate surface area is 122 Å². The maximum absolute atomic E-state index is 6.40. The fourth-order valence-electron chi connectivity index (χ4n) is 1.49. The first-order chi connectivity index (χ1) is 8.11. The van der Waals surface area contributed by atoms with Gasteiger partial charge in [0.15, 0.2) is 0 Å². The zero-order valence-corrected chi connectivity index (χ0v) is 12.8. The van der Waals surface area contributed by atoms with Crippen molar-refractivity contribution in [2.45, 2.75) is 5.38 Å². The van der Waals surface area contributed by atoms with Crippen molar-refractivity contribution in [2.24, 2.45) is 0 Å². The summed E-state index contributed by atoms with van der Waals surface area (Å²) in [5.74, 6) is 0.658. The van der Waals surface area contributed by atoms with Gasteiger partial charge in [0.1, 0.15) is 5.75 Å². The molecule has 2 aromatic rings. The molecule has 2 rings (SSSR count). The molecular weight excluding hydrogens is 343 g/mol. The van der Waals surface area contributed by atoms with Gasteiger partial charge >= 0.3 is 0 Å². The molecule has 0 saturated carbocycles. The number of hydrogen-bond donors (Lipinski definition) is 0. The van der Waals surface area contributed by atoms with E-state index in [4.69, 9.17) is 27.9 Å². The molecule has 1 aromatic heterocycles. The van der Waals surface area contributed by atoms with Crippen LogP contribution in [0.3, 0.4) is 0 Å². The first kappa shape index (κ1) is 13.2. The molecule has 17 heavy (non-hydrogen) atoms. The molecule has 0 aliphatic heterocycles. The maximum Gasteiger partial charge on any atom is 0.137 e. The number of methoxy groups -OCH3 is 1. The number of ether oxygens (including phenoxy) is 1. The fraction of sp³-hybridized carbons (Fsp3) is 0.167. The molecule has 0 aliphatic carbocycles. The van der Waals surface area contributed by atoms with Crippen LogP contribution in [-0.2, 0) is 0 Å². The highest BCUT2D eigenvalue weighted by Gasteiger charge is 2.14. The standard InChI is InChI=1S/C12H9BrCl2OS/c1-16-10-3-2-7(4-9(10)14)12(15)8-5-11(13)17-6-8/h2-6,12H,1H3. The Bertz CT molecular complexity index is 527. The van der Waals surface area contributed by atoms with Gasteiger partial charge in [-0.15, -0.1) is 22.9 Å². The Morgan fingerprint density at radius 1 is 1.29 bits per heavy atom. The fourth-order valence-corrected chi connectivity index (χ4v) is 3.29. The number of hydrogen-bond acceptors (Lipinski definition) is 2. The lowest BCUT2D eigenvalue weighted by atomic mass is 10.1. The van der Waals surface area contributed by atoms with Gasteiger partial charge in [0.05, 0.1) is 21.3 Å². The van der Waals surface area contributed by atoms with E-state index in [1.165, 1.54) is 0 Å². The Kier molecular flexibility index (Phi) is 4.36. The molecule has 1 heterocycles. The first-order valence-corrected chi connectivity index (χ1v) is 7.32. The average molecular weight is 352 g/mol. The summed E-state index contributed by atoms with van der Waals surface area (Å²) in [6, 6.07) is 7.60. The Hall–Kier alpha value is -0.220. The maximum atomic E-state index is 6.40. The molecule has 0 N–H and O–H groups in total. The number of thiophene rings is 1. The van der Waals surface area contributed by atoms with Crippen LogP contribution in [0.4, 0.5) is 0 Å². The van der Waals surface area contributed by atoms with Crippen LogP contribution in [0.2, 0.25) is 5.02 Å². The van der Waals surface area contributed by atoms with E-state index < -0.39 is 0 Å². The summed E-state index contributed by atoms with van der Waals surface area (Å²) in [7, 11) is 1.59. The van der Waals surface area contributed by atoms with E-state index in [0.717, 1.165) is 14.9 Å². The van der Waals surface area contributed by atoms with Crippen molar-refractivity contribution in [3.8, 4) is 5.75 Å². The molecule has 90 valence electrons. The summed E-state index contributed by atoms with van der Waals surface area (Å²) in [6.45, 7) is 0. The van der Waals surface area contributed by atoms with Crippen molar-refractivity contribution in [2.75, 3.05) is 7.11 Å². The molecular formula is C12H9BrCl2OS. The van der Waals surface area contributed by atoms with Gasteiger partial charge in [0.2, 0.25) is 0 Å². The zero-order chi connectivity index (χ0) is 12.4. The molecule has 1 nitrogen and oxygen atoms in total. The summed E-state index contributed by atoms with van der Waals surface area (Å²) in [5.41, 5.74) is 2.02. The van der Waals surface area contributed by atoms with Crippen LogP contribution >= 0.6 is 50.5 Å². The molecule has 1 aromatic carbocycles. The minimum atomic E-state index is -0.194. The summed E-state index contributed by atoms with van der Waals surface area (Å²) in [6.07, 6.45) is 0. The van der Waals surface area contributed by atoms with Crippen molar-refractivity contribution in [3.63, 3.8) is 0 Å². The average Bonchev–Trinajstić information content (AvgIpc) is 2.75. The van der Waals surface area contributed by atoms with Gasteiger partial charge in [0.25, 0.3) is 0 Å². The summed E-state index contributed by atoms with van der Waals surface area (Å²) in [5, 5.41) is 2.41. The lowest BCUT2D eigenvalue weighted by molar-refractivity contribution is 0.415. The minimum absolute atomic E-state index is 0.194. The second-order valence-corrected chi connectivity index (χ2v) is 6.57. The third-order valence-corrected chi connectivity index (χ3v) is 4.67. The summed E-state index contributed by atoms with van der Waals surface area (Å²) in [4.78, 5) is 0. The van der Waals surface area contributed by atoms with Crippen molar-refractivity contribution in [1.82, 2.24) is 0 Å². The summed E-state index contributed by atoms with van der Waals surface area (Å²) >= 11 is 17.5. The highest BCUT2D eigenvalue weighted by Crippen LogP contribution is 2.36. The molecule has 1 unspecified atom stereocenters. The molecule has 0 radical (unpaired) electrons. The Morgan fingerprint density at radius 3 is 2.59 bits per heavy atom.